The molecule has 0 saturated heterocycles. The molecular weight excluding hydrogens is 230 g/mol. The Balaban J connectivity index is 1.63. The van der Waals surface area contributed by atoms with Gasteiger partial charge >= 0.3 is 0 Å². The Kier molecular flexibility index (Phi) is 3.14. The Bertz CT molecular complexity index is 394. The molecule has 2 saturated carbocycles. The molecule has 3 rings (SSSR count). The Morgan fingerprint density at radius 3 is 2.71 bits per heavy atom. The van der Waals surface area contributed by atoms with Gasteiger partial charge in [-0.05, 0) is 55.2 Å². The molecule has 2 fully saturated rings. The normalized spacial score (nSPS) is 22.2. The van der Waals surface area contributed by atoms with Crippen molar-refractivity contribution in [3.05, 3.63) is 34.9 Å². The van der Waals surface area contributed by atoms with Crippen LogP contribution in [0.1, 0.15) is 37.7 Å². The maximum absolute atomic E-state index is 6.06. The summed E-state index contributed by atoms with van der Waals surface area (Å²) in [6.45, 7) is 1.20. The summed E-state index contributed by atoms with van der Waals surface area (Å²) in [4.78, 5) is 0. The zero-order chi connectivity index (χ0) is 11.7. The Morgan fingerprint density at radius 2 is 2.12 bits per heavy atom. The first-order valence-electron chi connectivity index (χ1n) is 6.74. The summed E-state index contributed by atoms with van der Waals surface area (Å²) >= 11 is 6.06. The summed E-state index contributed by atoms with van der Waals surface area (Å²) in [5.41, 5.74) is 1.92. The van der Waals surface area contributed by atoms with E-state index in [2.05, 4.69) is 23.5 Å². The van der Waals surface area contributed by atoms with Crippen LogP contribution in [0.4, 0.5) is 0 Å². The van der Waals surface area contributed by atoms with Gasteiger partial charge in [0, 0.05) is 17.6 Å². The maximum Gasteiger partial charge on any atom is 0.0408 e. The second-order valence-corrected chi connectivity index (χ2v) is 6.25. The monoisotopic (exact) mass is 249 g/mol. The molecule has 92 valence electrons. The lowest BCUT2D eigenvalue weighted by molar-refractivity contribution is 0.129. The third-order valence-corrected chi connectivity index (χ3v) is 4.46. The van der Waals surface area contributed by atoms with Crippen LogP contribution in [0.5, 0.6) is 0 Å². The zero-order valence-electron chi connectivity index (χ0n) is 10.2. The average Bonchev–Trinajstić information content (AvgIpc) is 3.06. The fourth-order valence-corrected chi connectivity index (χ4v) is 3.03. The van der Waals surface area contributed by atoms with Crippen LogP contribution >= 0.6 is 11.6 Å². The maximum atomic E-state index is 6.06. The molecule has 0 aromatic heterocycles. The van der Waals surface area contributed by atoms with Gasteiger partial charge in [0.05, 0.1) is 0 Å². The summed E-state index contributed by atoms with van der Waals surface area (Å²) in [6.07, 6.45) is 8.10. The van der Waals surface area contributed by atoms with Crippen molar-refractivity contribution in [2.75, 3.05) is 6.54 Å². The van der Waals surface area contributed by atoms with Crippen molar-refractivity contribution in [1.82, 2.24) is 5.32 Å². The molecule has 1 N–H and O–H groups in total. The molecule has 1 aromatic carbocycles. The van der Waals surface area contributed by atoms with Crippen LogP contribution in [0.2, 0.25) is 5.02 Å². The largest absolute Gasteiger partial charge is 0.313 e. The van der Waals surface area contributed by atoms with Gasteiger partial charge in [-0.1, -0.05) is 30.2 Å². The molecule has 0 radical (unpaired) electrons. The van der Waals surface area contributed by atoms with E-state index in [1.165, 1.54) is 50.6 Å². The molecule has 17 heavy (non-hydrogen) atoms. The van der Waals surface area contributed by atoms with Crippen molar-refractivity contribution in [2.24, 2.45) is 5.41 Å². The van der Waals surface area contributed by atoms with E-state index in [1.54, 1.807) is 0 Å². The molecule has 0 aliphatic heterocycles. The van der Waals surface area contributed by atoms with Crippen LogP contribution in [0.3, 0.4) is 0 Å². The first-order valence-corrected chi connectivity index (χ1v) is 7.11. The summed E-state index contributed by atoms with van der Waals surface area (Å²) in [7, 11) is 0. The van der Waals surface area contributed by atoms with Crippen molar-refractivity contribution < 1.29 is 0 Å². The predicted octanol–water partition coefficient (Wildman–Crippen LogP) is 3.80. The minimum absolute atomic E-state index is 0.521. The van der Waals surface area contributed by atoms with Crippen LogP contribution in [-0.2, 0) is 6.42 Å². The number of halogens is 1. The summed E-state index contributed by atoms with van der Waals surface area (Å²) in [5.74, 6) is 0. The van der Waals surface area contributed by atoms with E-state index in [1.807, 2.05) is 6.07 Å². The Hall–Kier alpha value is -0.530. The molecule has 0 amide bonds. The molecule has 0 unspecified atom stereocenters. The molecule has 0 spiro atoms. The average molecular weight is 250 g/mol. The second kappa shape index (κ2) is 4.62. The van der Waals surface area contributed by atoms with Crippen molar-refractivity contribution in [3.8, 4) is 0 Å². The smallest absolute Gasteiger partial charge is 0.0408 e. The molecule has 0 heterocycles. The fourth-order valence-electron chi connectivity index (χ4n) is 2.82. The molecule has 1 nitrogen and oxygen atoms in total. The van der Waals surface area contributed by atoms with Crippen LogP contribution in [0.15, 0.2) is 24.3 Å². The fraction of sp³-hybridized carbons (Fsp3) is 0.600. The Morgan fingerprint density at radius 1 is 1.29 bits per heavy atom. The predicted molar refractivity (Wildman–Crippen MR) is 72.5 cm³/mol. The van der Waals surface area contributed by atoms with Crippen molar-refractivity contribution in [2.45, 2.75) is 44.6 Å². The highest BCUT2D eigenvalue weighted by Crippen LogP contribution is 2.43. The molecule has 2 aliphatic carbocycles. The number of hydrogen-bond donors (Lipinski definition) is 1. The lowest BCUT2D eigenvalue weighted by Gasteiger charge is -2.42. The van der Waals surface area contributed by atoms with Gasteiger partial charge in [0.2, 0.25) is 0 Å². The van der Waals surface area contributed by atoms with Crippen molar-refractivity contribution >= 4 is 11.6 Å². The highest BCUT2D eigenvalue weighted by atomic mass is 35.5. The number of hydrogen-bond acceptors (Lipinski definition) is 1. The topological polar surface area (TPSA) is 12.0 Å². The molecule has 2 heteroatoms. The quantitative estimate of drug-likeness (QED) is 0.837. The van der Waals surface area contributed by atoms with Gasteiger partial charge in [0.15, 0.2) is 0 Å². The first kappa shape index (κ1) is 11.6. The SMILES string of the molecule is Clc1cccc(CC2(CNC3CC3)CCC2)c1. The zero-order valence-corrected chi connectivity index (χ0v) is 11.0. The number of nitrogens with one attached hydrogen (secondary N) is 1. The van der Waals surface area contributed by atoms with E-state index in [0.717, 1.165) is 11.1 Å². The van der Waals surface area contributed by atoms with Crippen LogP contribution in [0, 0.1) is 5.41 Å². The Labute approximate surface area is 109 Å². The van der Waals surface area contributed by atoms with Gasteiger partial charge in [-0.2, -0.15) is 0 Å². The van der Waals surface area contributed by atoms with E-state index < -0.39 is 0 Å². The van der Waals surface area contributed by atoms with E-state index in [0.29, 0.717) is 5.41 Å². The highest BCUT2D eigenvalue weighted by molar-refractivity contribution is 6.30. The third-order valence-electron chi connectivity index (χ3n) is 4.23. The van der Waals surface area contributed by atoms with E-state index in [9.17, 15) is 0 Å². The molecule has 2 aliphatic rings. The van der Waals surface area contributed by atoms with Gasteiger partial charge in [0.25, 0.3) is 0 Å². The van der Waals surface area contributed by atoms with Gasteiger partial charge in [-0.15, -0.1) is 0 Å². The minimum Gasteiger partial charge on any atom is -0.313 e. The molecular formula is C15H20ClN. The highest BCUT2D eigenvalue weighted by Gasteiger charge is 2.38. The summed E-state index contributed by atoms with van der Waals surface area (Å²) in [5, 5.41) is 4.57. The first-order chi connectivity index (χ1) is 8.26. The number of benzene rings is 1. The standard InChI is InChI=1S/C15H20ClN/c16-13-4-1-3-12(9-13)10-15(7-2-8-15)11-17-14-5-6-14/h1,3-4,9,14,17H,2,5-8,10-11H2. The molecule has 0 atom stereocenters. The van der Waals surface area contributed by atoms with Gasteiger partial charge in [-0.3, -0.25) is 0 Å². The summed E-state index contributed by atoms with van der Waals surface area (Å²) < 4.78 is 0. The van der Waals surface area contributed by atoms with Crippen molar-refractivity contribution in [3.63, 3.8) is 0 Å². The van der Waals surface area contributed by atoms with E-state index >= 15 is 0 Å². The number of rotatable bonds is 5. The minimum atomic E-state index is 0.521. The van der Waals surface area contributed by atoms with Gasteiger partial charge < -0.3 is 5.32 Å². The second-order valence-electron chi connectivity index (χ2n) is 5.82. The van der Waals surface area contributed by atoms with Crippen molar-refractivity contribution in [1.29, 1.82) is 0 Å². The van der Waals surface area contributed by atoms with Gasteiger partial charge in [-0.25, -0.2) is 0 Å². The lowest BCUT2D eigenvalue weighted by atomic mass is 9.65. The summed E-state index contributed by atoms with van der Waals surface area (Å²) in [6, 6.07) is 9.19. The third kappa shape index (κ3) is 2.83. The lowest BCUT2D eigenvalue weighted by Crippen LogP contribution is -2.42. The van der Waals surface area contributed by atoms with E-state index in [4.69, 9.17) is 11.6 Å². The van der Waals surface area contributed by atoms with Crippen LogP contribution < -0.4 is 5.32 Å². The molecule has 0 bridgehead atoms. The molecule has 1 aromatic rings. The van der Waals surface area contributed by atoms with E-state index in [-0.39, 0.29) is 0 Å². The van der Waals surface area contributed by atoms with Gasteiger partial charge in [0.1, 0.15) is 0 Å². The van der Waals surface area contributed by atoms with Crippen LogP contribution in [-0.4, -0.2) is 12.6 Å². The van der Waals surface area contributed by atoms with Crippen LogP contribution in [0.25, 0.3) is 0 Å².